The van der Waals surface area contributed by atoms with Gasteiger partial charge in [0.05, 0.1) is 31.9 Å². The molecule has 0 spiro atoms. The fraction of sp³-hybridized carbons (Fsp3) is 0.500. The van der Waals surface area contributed by atoms with E-state index >= 15 is 0 Å². The SMILES string of the molecule is CCOC(=O)C1CCc2nc(NC(=O)CCc3ccc(OCC)c(OC)c3)sc2C1. The highest BCUT2D eigenvalue weighted by Crippen LogP contribution is 2.33. The van der Waals surface area contributed by atoms with Gasteiger partial charge in [0.1, 0.15) is 0 Å². The fourth-order valence-electron chi connectivity index (χ4n) is 3.47. The molecule has 162 valence electrons. The molecule has 1 atom stereocenters. The molecule has 8 heteroatoms. The molecule has 3 rings (SSSR count). The molecule has 1 aromatic heterocycles. The van der Waals surface area contributed by atoms with Crippen molar-refractivity contribution in [1.82, 2.24) is 4.98 Å². The van der Waals surface area contributed by atoms with Crippen LogP contribution in [-0.2, 0) is 33.6 Å². The highest BCUT2D eigenvalue weighted by molar-refractivity contribution is 7.15. The van der Waals surface area contributed by atoms with Crippen LogP contribution >= 0.6 is 11.3 Å². The first kappa shape index (κ1) is 22.1. The molecule has 30 heavy (non-hydrogen) atoms. The largest absolute Gasteiger partial charge is 0.493 e. The molecule has 1 heterocycles. The van der Waals surface area contributed by atoms with Crippen molar-refractivity contribution in [2.45, 2.75) is 46.0 Å². The standard InChI is InChI=1S/C22H28N2O5S/c1-4-28-17-10-6-14(12-18(17)27-3)7-11-20(25)24-22-23-16-9-8-15(13-19(16)30-22)21(26)29-5-2/h6,10,12,15H,4-5,7-9,11,13H2,1-3H3,(H,23,24,25). The molecule has 0 fully saturated rings. The summed E-state index contributed by atoms with van der Waals surface area (Å²) in [6.45, 7) is 4.70. The lowest BCUT2D eigenvalue weighted by molar-refractivity contribution is -0.148. The molecule has 1 aliphatic carbocycles. The van der Waals surface area contributed by atoms with E-state index in [1.165, 1.54) is 11.3 Å². The molecule has 0 saturated carbocycles. The Morgan fingerprint density at radius 3 is 2.80 bits per heavy atom. The molecule has 7 nitrogen and oxygen atoms in total. The van der Waals surface area contributed by atoms with Crippen molar-refractivity contribution in [1.29, 1.82) is 0 Å². The minimum absolute atomic E-state index is 0.0871. The van der Waals surface area contributed by atoms with E-state index in [2.05, 4.69) is 10.3 Å². The van der Waals surface area contributed by atoms with Crippen molar-refractivity contribution in [3.8, 4) is 11.5 Å². The number of carbonyl (C=O) groups excluding carboxylic acids is 2. The van der Waals surface area contributed by atoms with Crippen LogP contribution < -0.4 is 14.8 Å². The minimum atomic E-state index is -0.145. The summed E-state index contributed by atoms with van der Waals surface area (Å²) in [5, 5.41) is 3.49. The maximum absolute atomic E-state index is 12.4. The zero-order chi connectivity index (χ0) is 21.5. The number of rotatable bonds is 9. The van der Waals surface area contributed by atoms with Gasteiger partial charge in [0.15, 0.2) is 16.6 Å². The van der Waals surface area contributed by atoms with E-state index in [9.17, 15) is 9.59 Å². The summed E-state index contributed by atoms with van der Waals surface area (Å²) < 4.78 is 16.0. The highest BCUT2D eigenvalue weighted by atomic mass is 32.1. The van der Waals surface area contributed by atoms with Crippen molar-refractivity contribution in [2.75, 3.05) is 25.6 Å². The number of hydrogen-bond donors (Lipinski definition) is 1. The molecular weight excluding hydrogens is 404 g/mol. The molecular formula is C22H28N2O5S. The van der Waals surface area contributed by atoms with E-state index in [-0.39, 0.29) is 17.8 Å². The van der Waals surface area contributed by atoms with Crippen LogP contribution in [0.3, 0.4) is 0 Å². The number of amides is 1. The summed E-state index contributed by atoms with van der Waals surface area (Å²) in [4.78, 5) is 30.0. The van der Waals surface area contributed by atoms with Gasteiger partial charge in [-0.05, 0) is 57.2 Å². The van der Waals surface area contributed by atoms with Gasteiger partial charge >= 0.3 is 5.97 Å². The first-order valence-electron chi connectivity index (χ1n) is 10.3. The molecule has 1 aliphatic rings. The molecule has 1 aromatic carbocycles. The number of aromatic nitrogens is 1. The number of hydrogen-bond acceptors (Lipinski definition) is 7. The number of esters is 1. The molecule has 0 saturated heterocycles. The Kier molecular flexibility index (Phi) is 7.68. The van der Waals surface area contributed by atoms with Crippen LogP contribution in [0, 0.1) is 5.92 Å². The third kappa shape index (κ3) is 5.50. The molecule has 2 aromatic rings. The maximum Gasteiger partial charge on any atom is 0.309 e. The van der Waals surface area contributed by atoms with E-state index in [0.717, 1.165) is 29.0 Å². The van der Waals surface area contributed by atoms with Gasteiger partial charge in [-0.25, -0.2) is 4.98 Å². The predicted molar refractivity (Wildman–Crippen MR) is 115 cm³/mol. The first-order valence-corrected chi connectivity index (χ1v) is 11.1. The van der Waals surface area contributed by atoms with Gasteiger partial charge in [-0.2, -0.15) is 0 Å². The van der Waals surface area contributed by atoms with Crippen molar-refractivity contribution in [3.05, 3.63) is 34.3 Å². The Balaban J connectivity index is 1.54. The number of benzene rings is 1. The number of carbonyl (C=O) groups is 2. The normalized spacial score (nSPS) is 15.2. The molecule has 1 N–H and O–H groups in total. The van der Waals surface area contributed by atoms with Crippen molar-refractivity contribution >= 4 is 28.3 Å². The van der Waals surface area contributed by atoms with Crippen molar-refractivity contribution in [3.63, 3.8) is 0 Å². The number of aryl methyl sites for hydroxylation is 2. The Bertz CT molecular complexity index is 896. The zero-order valence-electron chi connectivity index (χ0n) is 17.7. The van der Waals surface area contributed by atoms with Crippen LogP contribution in [0.4, 0.5) is 5.13 Å². The first-order chi connectivity index (χ1) is 14.5. The van der Waals surface area contributed by atoms with E-state index < -0.39 is 0 Å². The van der Waals surface area contributed by atoms with Gasteiger partial charge in [-0.15, -0.1) is 11.3 Å². The third-order valence-corrected chi connectivity index (χ3v) is 6.01. The maximum atomic E-state index is 12.4. The van der Waals surface area contributed by atoms with E-state index in [4.69, 9.17) is 14.2 Å². The van der Waals surface area contributed by atoms with Crippen LogP contribution in [0.15, 0.2) is 18.2 Å². The Morgan fingerprint density at radius 1 is 1.23 bits per heavy atom. The number of ether oxygens (including phenoxy) is 3. The van der Waals surface area contributed by atoms with Gasteiger partial charge in [0.25, 0.3) is 0 Å². The summed E-state index contributed by atoms with van der Waals surface area (Å²) in [7, 11) is 1.60. The number of fused-ring (bicyclic) bond motifs is 1. The second-order valence-corrected chi connectivity index (χ2v) is 8.13. The van der Waals surface area contributed by atoms with E-state index in [1.54, 1.807) is 7.11 Å². The van der Waals surface area contributed by atoms with E-state index in [0.29, 0.717) is 49.1 Å². The van der Waals surface area contributed by atoms with Crippen LogP contribution in [0.2, 0.25) is 0 Å². The number of thiazole rings is 1. The number of nitrogens with zero attached hydrogens (tertiary/aromatic N) is 1. The van der Waals surface area contributed by atoms with Gasteiger partial charge < -0.3 is 19.5 Å². The topological polar surface area (TPSA) is 86.8 Å². The van der Waals surface area contributed by atoms with E-state index in [1.807, 2.05) is 32.0 Å². The molecule has 1 amide bonds. The number of anilines is 1. The Hall–Kier alpha value is -2.61. The van der Waals surface area contributed by atoms with Crippen LogP contribution in [0.1, 0.15) is 42.8 Å². The second-order valence-electron chi connectivity index (χ2n) is 7.05. The van der Waals surface area contributed by atoms with Crippen LogP contribution in [0.25, 0.3) is 0 Å². The minimum Gasteiger partial charge on any atom is -0.493 e. The predicted octanol–water partition coefficient (Wildman–Crippen LogP) is 3.79. The summed E-state index contributed by atoms with van der Waals surface area (Å²) in [5.41, 5.74) is 1.98. The molecule has 0 radical (unpaired) electrons. The third-order valence-electron chi connectivity index (χ3n) is 4.97. The lowest BCUT2D eigenvalue weighted by atomic mass is 9.91. The van der Waals surface area contributed by atoms with Crippen LogP contribution in [-0.4, -0.2) is 37.2 Å². The Morgan fingerprint density at radius 2 is 2.07 bits per heavy atom. The lowest BCUT2D eigenvalue weighted by Gasteiger charge is -2.18. The van der Waals surface area contributed by atoms with Gasteiger partial charge in [-0.3, -0.25) is 9.59 Å². The van der Waals surface area contributed by atoms with Crippen LogP contribution in [0.5, 0.6) is 11.5 Å². The quantitative estimate of drug-likeness (QED) is 0.607. The fourth-order valence-corrected chi connectivity index (χ4v) is 4.58. The van der Waals surface area contributed by atoms with Crippen molar-refractivity contribution < 1.29 is 23.8 Å². The summed E-state index contributed by atoms with van der Waals surface area (Å²) in [6, 6.07) is 5.71. The summed E-state index contributed by atoms with van der Waals surface area (Å²) in [6.07, 6.45) is 3.03. The summed E-state index contributed by atoms with van der Waals surface area (Å²) >= 11 is 1.45. The molecule has 0 aliphatic heterocycles. The Labute approximate surface area is 180 Å². The van der Waals surface area contributed by atoms with Crippen molar-refractivity contribution in [2.24, 2.45) is 5.92 Å². The van der Waals surface area contributed by atoms with Gasteiger partial charge in [-0.1, -0.05) is 6.07 Å². The summed E-state index contributed by atoms with van der Waals surface area (Å²) in [5.74, 6) is 1.01. The smallest absolute Gasteiger partial charge is 0.309 e. The van der Waals surface area contributed by atoms with Gasteiger partial charge in [0.2, 0.25) is 5.91 Å². The monoisotopic (exact) mass is 432 g/mol. The highest BCUT2D eigenvalue weighted by Gasteiger charge is 2.28. The number of methoxy groups -OCH3 is 1. The lowest BCUT2D eigenvalue weighted by Crippen LogP contribution is -2.24. The zero-order valence-corrected chi connectivity index (χ0v) is 18.5. The second kappa shape index (κ2) is 10.4. The average Bonchev–Trinajstić information content (AvgIpc) is 3.14. The molecule has 0 bridgehead atoms. The molecule has 1 unspecified atom stereocenters. The number of nitrogens with one attached hydrogen (secondary N) is 1. The van der Waals surface area contributed by atoms with Gasteiger partial charge in [0, 0.05) is 11.3 Å². The average molecular weight is 433 g/mol.